The molecule has 0 saturated heterocycles. The van der Waals surface area contributed by atoms with Gasteiger partial charge in [-0.2, -0.15) is 4.98 Å². The summed E-state index contributed by atoms with van der Waals surface area (Å²) in [6.07, 6.45) is 1.89. The van der Waals surface area contributed by atoms with Crippen molar-refractivity contribution >= 4 is 5.91 Å². The fourth-order valence-corrected chi connectivity index (χ4v) is 3.52. The van der Waals surface area contributed by atoms with Crippen molar-refractivity contribution in [1.82, 2.24) is 15.5 Å². The van der Waals surface area contributed by atoms with E-state index in [1.807, 2.05) is 37.3 Å². The van der Waals surface area contributed by atoms with Crippen LogP contribution in [0.5, 0.6) is 17.2 Å². The summed E-state index contributed by atoms with van der Waals surface area (Å²) in [6, 6.07) is 13.1. The highest BCUT2D eigenvalue weighted by atomic mass is 16.5. The van der Waals surface area contributed by atoms with Crippen LogP contribution in [0.15, 0.2) is 47.0 Å². The van der Waals surface area contributed by atoms with Crippen LogP contribution < -0.4 is 19.5 Å². The first kappa shape index (κ1) is 24.1. The van der Waals surface area contributed by atoms with Gasteiger partial charge in [0.2, 0.25) is 23.4 Å². The highest BCUT2D eigenvalue weighted by molar-refractivity contribution is 5.76. The van der Waals surface area contributed by atoms with Crippen LogP contribution >= 0.6 is 0 Å². The molecule has 8 nitrogen and oxygen atoms in total. The largest absolute Gasteiger partial charge is 0.493 e. The summed E-state index contributed by atoms with van der Waals surface area (Å²) in [7, 11) is 4.64. The smallest absolute Gasteiger partial charge is 0.249 e. The van der Waals surface area contributed by atoms with E-state index >= 15 is 0 Å². The Morgan fingerprint density at radius 2 is 1.73 bits per heavy atom. The van der Waals surface area contributed by atoms with Gasteiger partial charge >= 0.3 is 0 Å². The molecule has 2 aromatic carbocycles. The summed E-state index contributed by atoms with van der Waals surface area (Å²) < 4.78 is 21.8. The minimum atomic E-state index is -0.387. The number of carbonyl (C=O) groups is 1. The van der Waals surface area contributed by atoms with E-state index in [2.05, 4.69) is 22.4 Å². The maximum atomic E-state index is 12.7. The van der Waals surface area contributed by atoms with Crippen LogP contribution in [0.3, 0.4) is 0 Å². The summed E-state index contributed by atoms with van der Waals surface area (Å²) in [5.74, 6) is 2.25. The van der Waals surface area contributed by atoms with E-state index in [1.54, 1.807) is 33.5 Å². The van der Waals surface area contributed by atoms with Crippen molar-refractivity contribution in [2.45, 2.75) is 39.2 Å². The third kappa shape index (κ3) is 5.83. The van der Waals surface area contributed by atoms with Crippen LogP contribution in [0.1, 0.15) is 44.2 Å². The SMILES string of the molecule is CC[C@@H](C)[C@H](NC(=O)CCc1ccccc1)c1nc(-c2cc(OC)c(OC)c(OC)c2)no1. The average Bonchev–Trinajstić information content (AvgIpc) is 3.35. The molecule has 8 heteroatoms. The summed E-state index contributed by atoms with van der Waals surface area (Å²) >= 11 is 0. The van der Waals surface area contributed by atoms with Crippen LogP contribution in [0.4, 0.5) is 0 Å². The maximum absolute atomic E-state index is 12.7. The minimum absolute atomic E-state index is 0.0586. The molecular formula is C25H31N3O5. The predicted octanol–water partition coefficient (Wildman–Crippen LogP) is 4.60. The molecular weight excluding hydrogens is 422 g/mol. The lowest BCUT2D eigenvalue weighted by Crippen LogP contribution is -2.32. The first-order valence-electron chi connectivity index (χ1n) is 11.0. The monoisotopic (exact) mass is 453 g/mol. The third-order valence-corrected chi connectivity index (χ3v) is 5.64. The van der Waals surface area contributed by atoms with Gasteiger partial charge in [0.15, 0.2) is 11.5 Å². The molecule has 0 radical (unpaired) electrons. The molecule has 0 aliphatic carbocycles. The van der Waals surface area contributed by atoms with Crippen LogP contribution in [0.2, 0.25) is 0 Å². The second kappa shape index (κ2) is 11.4. The Kier molecular flexibility index (Phi) is 8.29. The van der Waals surface area contributed by atoms with E-state index in [-0.39, 0.29) is 17.9 Å². The summed E-state index contributed by atoms with van der Waals surface area (Å²) in [4.78, 5) is 17.3. The zero-order valence-electron chi connectivity index (χ0n) is 19.8. The standard InChI is InChI=1S/C25H31N3O5/c1-6-16(2)22(26-21(29)13-12-17-10-8-7-9-11-17)25-27-24(28-33-25)18-14-19(30-3)23(32-5)20(15-18)31-4/h7-11,14-16,22H,6,12-13H2,1-5H3,(H,26,29)/t16-,22+/m1/s1. The molecule has 3 aromatic rings. The van der Waals surface area contributed by atoms with E-state index in [1.165, 1.54) is 0 Å². The lowest BCUT2D eigenvalue weighted by molar-refractivity contribution is -0.122. The number of nitrogens with zero attached hydrogens (tertiary/aromatic N) is 2. The Morgan fingerprint density at radius 3 is 2.30 bits per heavy atom. The van der Waals surface area contributed by atoms with Gasteiger partial charge in [-0.3, -0.25) is 4.79 Å². The number of benzene rings is 2. The van der Waals surface area contributed by atoms with Gasteiger partial charge in [-0.25, -0.2) is 0 Å². The second-order valence-corrected chi connectivity index (χ2v) is 7.79. The molecule has 1 aromatic heterocycles. The molecule has 33 heavy (non-hydrogen) atoms. The first-order chi connectivity index (χ1) is 16.0. The molecule has 0 bridgehead atoms. The molecule has 1 heterocycles. The van der Waals surface area contributed by atoms with E-state index in [0.29, 0.717) is 47.4 Å². The number of amides is 1. The van der Waals surface area contributed by atoms with E-state index in [0.717, 1.165) is 12.0 Å². The fourth-order valence-electron chi connectivity index (χ4n) is 3.52. The number of carbonyl (C=O) groups excluding carboxylic acids is 1. The Hall–Kier alpha value is -3.55. The Labute approximate surface area is 194 Å². The zero-order valence-corrected chi connectivity index (χ0v) is 19.8. The minimum Gasteiger partial charge on any atom is -0.493 e. The molecule has 1 amide bonds. The number of hydrogen-bond acceptors (Lipinski definition) is 7. The molecule has 2 atom stereocenters. The fraction of sp³-hybridized carbons (Fsp3) is 0.400. The molecule has 0 saturated carbocycles. The van der Waals surface area contributed by atoms with Crippen molar-refractivity contribution < 1.29 is 23.5 Å². The highest BCUT2D eigenvalue weighted by Gasteiger charge is 2.27. The summed E-state index contributed by atoms with van der Waals surface area (Å²) in [6.45, 7) is 4.11. The average molecular weight is 454 g/mol. The number of methoxy groups -OCH3 is 3. The second-order valence-electron chi connectivity index (χ2n) is 7.79. The quantitative estimate of drug-likeness (QED) is 0.453. The van der Waals surface area contributed by atoms with Crippen LogP contribution in [-0.2, 0) is 11.2 Å². The molecule has 0 unspecified atom stereocenters. The third-order valence-electron chi connectivity index (χ3n) is 5.64. The number of rotatable bonds is 11. The first-order valence-corrected chi connectivity index (χ1v) is 11.0. The van der Waals surface area contributed by atoms with Crippen molar-refractivity contribution in [1.29, 1.82) is 0 Å². The van der Waals surface area contributed by atoms with Crippen LogP contribution in [-0.4, -0.2) is 37.4 Å². The van der Waals surface area contributed by atoms with Crippen LogP contribution in [0.25, 0.3) is 11.4 Å². The molecule has 176 valence electrons. The Balaban J connectivity index is 1.80. The van der Waals surface area contributed by atoms with Gasteiger partial charge in [0.05, 0.1) is 21.3 Å². The van der Waals surface area contributed by atoms with Gasteiger partial charge in [-0.15, -0.1) is 0 Å². The topological polar surface area (TPSA) is 95.7 Å². The van der Waals surface area contributed by atoms with Crippen molar-refractivity contribution in [3.63, 3.8) is 0 Å². The Morgan fingerprint density at radius 1 is 1.06 bits per heavy atom. The van der Waals surface area contributed by atoms with Crippen molar-refractivity contribution in [3.05, 3.63) is 53.9 Å². The van der Waals surface area contributed by atoms with Gasteiger partial charge in [0.1, 0.15) is 6.04 Å². The van der Waals surface area contributed by atoms with Gasteiger partial charge in [-0.05, 0) is 30.0 Å². The predicted molar refractivity (Wildman–Crippen MR) is 124 cm³/mol. The molecule has 0 spiro atoms. The lowest BCUT2D eigenvalue weighted by Gasteiger charge is -2.20. The summed E-state index contributed by atoms with van der Waals surface area (Å²) in [5, 5.41) is 7.22. The van der Waals surface area contributed by atoms with Gasteiger partial charge < -0.3 is 24.1 Å². The molecule has 0 fully saturated rings. The van der Waals surface area contributed by atoms with Gasteiger partial charge in [0, 0.05) is 12.0 Å². The number of aryl methyl sites for hydroxylation is 1. The normalized spacial score (nSPS) is 12.6. The van der Waals surface area contributed by atoms with E-state index in [9.17, 15) is 4.79 Å². The molecule has 3 rings (SSSR count). The molecule has 0 aliphatic rings. The van der Waals surface area contributed by atoms with Crippen molar-refractivity contribution in [2.75, 3.05) is 21.3 Å². The maximum Gasteiger partial charge on any atom is 0.249 e. The van der Waals surface area contributed by atoms with Crippen LogP contribution in [0, 0.1) is 5.92 Å². The van der Waals surface area contributed by atoms with Crippen molar-refractivity contribution in [2.24, 2.45) is 5.92 Å². The number of hydrogen-bond donors (Lipinski definition) is 1. The molecule has 0 aliphatic heterocycles. The highest BCUT2D eigenvalue weighted by Crippen LogP contribution is 2.40. The Bertz CT molecular complexity index is 1030. The lowest BCUT2D eigenvalue weighted by atomic mass is 9.98. The zero-order chi connectivity index (χ0) is 23.8. The van der Waals surface area contributed by atoms with E-state index in [4.69, 9.17) is 18.7 Å². The van der Waals surface area contributed by atoms with E-state index < -0.39 is 0 Å². The molecule has 1 N–H and O–H groups in total. The number of nitrogens with one attached hydrogen (secondary N) is 1. The van der Waals surface area contributed by atoms with Gasteiger partial charge in [0.25, 0.3) is 0 Å². The van der Waals surface area contributed by atoms with Gasteiger partial charge in [-0.1, -0.05) is 55.8 Å². The number of aromatic nitrogens is 2. The summed E-state index contributed by atoms with van der Waals surface area (Å²) in [5.41, 5.74) is 1.77. The number of ether oxygens (including phenoxy) is 3. The van der Waals surface area contributed by atoms with Crippen molar-refractivity contribution in [3.8, 4) is 28.6 Å².